The monoisotopic (exact) mass is 210 g/mol. The van der Waals surface area contributed by atoms with Crippen LogP contribution in [0.1, 0.15) is 11.4 Å². The van der Waals surface area contributed by atoms with Gasteiger partial charge in [-0.3, -0.25) is 5.10 Å². The van der Waals surface area contributed by atoms with Crippen LogP contribution in [0.5, 0.6) is 0 Å². The van der Waals surface area contributed by atoms with Gasteiger partial charge in [0.1, 0.15) is 0 Å². The summed E-state index contributed by atoms with van der Waals surface area (Å²) in [6.07, 6.45) is 0. The predicted molar refractivity (Wildman–Crippen MR) is 59.1 cm³/mol. The lowest BCUT2D eigenvalue weighted by molar-refractivity contribution is 0.00824. The van der Waals surface area contributed by atoms with Crippen molar-refractivity contribution in [2.45, 2.75) is 19.9 Å². The summed E-state index contributed by atoms with van der Waals surface area (Å²) in [7, 11) is 0. The Morgan fingerprint density at radius 1 is 1.53 bits per heavy atom. The highest BCUT2D eigenvalue weighted by Crippen LogP contribution is 2.26. The van der Waals surface area contributed by atoms with Crippen LogP contribution in [0.4, 0.5) is 5.69 Å². The van der Waals surface area contributed by atoms with Crippen molar-refractivity contribution in [3.63, 3.8) is 0 Å². The van der Waals surface area contributed by atoms with E-state index < -0.39 is 0 Å². The molecule has 0 atom stereocenters. The van der Waals surface area contributed by atoms with E-state index in [1.54, 1.807) is 0 Å². The first-order chi connectivity index (χ1) is 7.24. The van der Waals surface area contributed by atoms with Gasteiger partial charge in [-0.1, -0.05) is 0 Å². The minimum Gasteiger partial charge on any atom is -0.377 e. The zero-order chi connectivity index (χ0) is 10.8. The third-order valence-corrected chi connectivity index (χ3v) is 2.81. The molecule has 1 saturated heterocycles. The second kappa shape index (κ2) is 4.20. The van der Waals surface area contributed by atoms with Crippen LogP contribution in [0.15, 0.2) is 0 Å². The lowest BCUT2D eigenvalue weighted by atomic mass is 10.1. The van der Waals surface area contributed by atoms with Crippen molar-refractivity contribution in [3.8, 4) is 0 Å². The van der Waals surface area contributed by atoms with Crippen LogP contribution in [-0.2, 0) is 4.74 Å². The molecule has 1 aromatic heterocycles. The van der Waals surface area contributed by atoms with Crippen LogP contribution >= 0.6 is 0 Å². The zero-order valence-electron chi connectivity index (χ0n) is 9.29. The number of nitrogens with one attached hydrogen (secondary N) is 1. The van der Waals surface area contributed by atoms with Crippen molar-refractivity contribution in [3.05, 3.63) is 11.4 Å². The van der Waals surface area contributed by atoms with Gasteiger partial charge >= 0.3 is 0 Å². The van der Waals surface area contributed by atoms with Gasteiger partial charge in [-0.2, -0.15) is 5.10 Å². The third-order valence-electron chi connectivity index (χ3n) is 2.81. The Morgan fingerprint density at radius 3 is 2.67 bits per heavy atom. The van der Waals surface area contributed by atoms with Crippen molar-refractivity contribution in [2.75, 3.05) is 31.2 Å². The van der Waals surface area contributed by atoms with E-state index >= 15 is 0 Å². The average Bonchev–Trinajstić information content (AvgIpc) is 2.43. The summed E-state index contributed by atoms with van der Waals surface area (Å²) in [5.74, 6) is 0. The van der Waals surface area contributed by atoms with Gasteiger partial charge < -0.3 is 15.4 Å². The van der Waals surface area contributed by atoms with E-state index in [0.717, 1.165) is 31.1 Å². The second-order valence-electron chi connectivity index (χ2n) is 3.96. The lowest BCUT2D eigenvalue weighted by Crippen LogP contribution is -2.51. The van der Waals surface area contributed by atoms with Crippen molar-refractivity contribution in [1.82, 2.24) is 10.2 Å². The van der Waals surface area contributed by atoms with Gasteiger partial charge in [0.25, 0.3) is 0 Å². The third kappa shape index (κ3) is 1.85. The maximum Gasteiger partial charge on any atom is 0.0827 e. The number of nitrogens with zero attached hydrogens (tertiary/aromatic N) is 2. The Bertz CT molecular complexity index is 313. The molecule has 0 bridgehead atoms. The first-order valence-electron chi connectivity index (χ1n) is 5.30. The van der Waals surface area contributed by atoms with Crippen LogP contribution in [0, 0.1) is 13.8 Å². The summed E-state index contributed by atoms with van der Waals surface area (Å²) in [6.45, 7) is 7.16. The fourth-order valence-electron chi connectivity index (χ4n) is 1.99. The van der Waals surface area contributed by atoms with E-state index in [1.165, 1.54) is 5.69 Å². The summed E-state index contributed by atoms with van der Waals surface area (Å²) in [4.78, 5) is 2.30. The van der Waals surface area contributed by atoms with Gasteiger partial charge in [0.05, 0.1) is 36.3 Å². The van der Waals surface area contributed by atoms with Crippen LogP contribution in [0.3, 0.4) is 0 Å². The molecule has 0 aromatic carbocycles. The minimum atomic E-state index is 0.462. The summed E-state index contributed by atoms with van der Waals surface area (Å²) in [5, 5.41) is 7.22. The number of aromatic nitrogens is 2. The van der Waals surface area contributed by atoms with E-state index in [0.29, 0.717) is 12.6 Å². The number of H-pyrrole nitrogens is 1. The van der Waals surface area contributed by atoms with E-state index in [4.69, 9.17) is 10.5 Å². The Kier molecular flexibility index (Phi) is 2.93. The fourth-order valence-corrected chi connectivity index (χ4v) is 1.99. The molecule has 1 aliphatic heterocycles. The maximum atomic E-state index is 5.64. The molecule has 0 unspecified atom stereocenters. The topological polar surface area (TPSA) is 67.2 Å². The molecule has 0 aliphatic carbocycles. The lowest BCUT2D eigenvalue weighted by Gasteiger charge is -2.38. The molecule has 2 rings (SSSR count). The number of nitrogens with two attached hydrogens (primary N) is 1. The number of aromatic amines is 1. The molecule has 1 fully saturated rings. The number of anilines is 1. The van der Waals surface area contributed by atoms with Gasteiger partial charge in [0.15, 0.2) is 0 Å². The summed E-state index contributed by atoms with van der Waals surface area (Å²) >= 11 is 0. The minimum absolute atomic E-state index is 0.462. The second-order valence-corrected chi connectivity index (χ2v) is 3.96. The highest BCUT2D eigenvalue weighted by molar-refractivity contribution is 5.55. The molecule has 5 heteroatoms. The highest BCUT2D eigenvalue weighted by atomic mass is 16.5. The Hall–Kier alpha value is -1.07. The largest absolute Gasteiger partial charge is 0.377 e. The molecule has 3 N–H and O–H groups in total. The zero-order valence-corrected chi connectivity index (χ0v) is 9.29. The predicted octanol–water partition coefficient (Wildman–Crippen LogP) is 0.190. The normalized spacial score (nSPS) is 16.5. The first kappa shape index (κ1) is 10.4. The van der Waals surface area contributed by atoms with E-state index in [1.807, 2.05) is 13.8 Å². The van der Waals surface area contributed by atoms with Gasteiger partial charge in [0.2, 0.25) is 0 Å². The smallest absolute Gasteiger partial charge is 0.0827 e. The van der Waals surface area contributed by atoms with Crippen molar-refractivity contribution in [1.29, 1.82) is 0 Å². The number of ether oxygens (including phenoxy) is 1. The Labute approximate surface area is 89.6 Å². The van der Waals surface area contributed by atoms with Crippen LogP contribution in [0.2, 0.25) is 0 Å². The highest BCUT2D eigenvalue weighted by Gasteiger charge is 2.28. The Morgan fingerprint density at radius 2 is 2.27 bits per heavy atom. The molecular weight excluding hydrogens is 192 g/mol. The summed E-state index contributed by atoms with van der Waals surface area (Å²) in [5.41, 5.74) is 8.97. The molecule has 1 aromatic rings. The molecular formula is C10H18N4O. The quantitative estimate of drug-likeness (QED) is 0.744. The molecule has 2 heterocycles. The van der Waals surface area contributed by atoms with Crippen LogP contribution < -0.4 is 10.6 Å². The van der Waals surface area contributed by atoms with Crippen molar-refractivity contribution >= 4 is 5.69 Å². The first-order valence-corrected chi connectivity index (χ1v) is 5.30. The number of hydrogen-bond donors (Lipinski definition) is 2. The van der Waals surface area contributed by atoms with E-state index in [9.17, 15) is 0 Å². The van der Waals surface area contributed by atoms with Crippen LogP contribution in [-0.4, -0.2) is 42.5 Å². The van der Waals surface area contributed by atoms with Gasteiger partial charge in [-0.15, -0.1) is 0 Å². The molecule has 1 aliphatic rings. The SMILES string of the molecule is Cc1n[nH]c(C)c1N(CCN)C1COC1. The molecule has 84 valence electrons. The Balaban J connectivity index is 2.22. The molecule has 0 saturated carbocycles. The van der Waals surface area contributed by atoms with E-state index in [-0.39, 0.29) is 0 Å². The fraction of sp³-hybridized carbons (Fsp3) is 0.700. The van der Waals surface area contributed by atoms with Gasteiger partial charge in [0, 0.05) is 13.1 Å². The molecule has 0 amide bonds. The van der Waals surface area contributed by atoms with Crippen molar-refractivity contribution in [2.24, 2.45) is 5.73 Å². The van der Waals surface area contributed by atoms with Gasteiger partial charge in [-0.25, -0.2) is 0 Å². The number of hydrogen-bond acceptors (Lipinski definition) is 4. The molecule has 5 nitrogen and oxygen atoms in total. The van der Waals surface area contributed by atoms with Gasteiger partial charge in [-0.05, 0) is 13.8 Å². The van der Waals surface area contributed by atoms with Crippen LogP contribution in [0.25, 0.3) is 0 Å². The van der Waals surface area contributed by atoms with Crippen molar-refractivity contribution < 1.29 is 4.74 Å². The number of aryl methyl sites for hydroxylation is 2. The maximum absolute atomic E-state index is 5.64. The molecule has 0 spiro atoms. The summed E-state index contributed by atoms with van der Waals surface area (Å²) in [6, 6.07) is 0.462. The summed E-state index contributed by atoms with van der Waals surface area (Å²) < 4.78 is 5.23. The molecule has 15 heavy (non-hydrogen) atoms. The number of rotatable bonds is 4. The van der Waals surface area contributed by atoms with E-state index in [2.05, 4.69) is 15.1 Å². The molecule has 0 radical (unpaired) electrons. The average molecular weight is 210 g/mol. The standard InChI is InChI=1S/C10H18N4O/c1-7-10(8(2)13-12-7)14(4-3-11)9-5-15-6-9/h9H,3-6,11H2,1-2H3,(H,12,13).